The van der Waals surface area contributed by atoms with E-state index in [1.807, 2.05) is 0 Å². The van der Waals surface area contributed by atoms with Crippen molar-refractivity contribution in [2.75, 3.05) is 13.1 Å². The average molecular weight is 286 g/mol. The van der Waals surface area contributed by atoms with Crippen molar-refractivity contribution < 1.29 is 0 Å². The lowest BCUT2D eigenvalue weighted by Gasteiger charge is -2.50. The molecule has 1 heterocycles. The monoisotopic (exact) mass is 286 g/mol. The minimum atomic E-state index is 0.280. The van der Waals surface area contributed by atoms with E-state index in [1.54, 1.807) is 0 Å². The number of nitrogens with zero attached hydrogens (tertiary/aromatic N) is 1. The van der Waals surface area contributed by atoms with E-state index in [2.05, 4.69) is 54.4 Å². The second-order valence-electron chi connectivity index (χ2n) is 7.19. The summed E-state index contributed by atoms with van der Waals surface area (Å²) in [5.74, 6) is 0. The molecule has 2 fully saturated rings. The third kappa shape index (κ3) is 3.32. The van der Waals surface area contributed by atoms with E-state index in [4.69, 9.17) is 0 Å². The molecule has 1 saturated heterocycles. The zero-order valence-electron chi connectivity index (χ0n) is 13.6. The summed E-state index contributed by atoms with van der Waals surface area (Å²) in [4.78, 5) is 2.83. The van der Waals surface area contributed by atoms with Crippen LogP contribution in [0.2, 0.25) is 0 Å². The lowest BCUT2D eigenvalue weighted by atomic mass is 9.86. The number of piperazine rings is 1. The van der Waals surface area contributed by atoms with E-state index in [9.17, 15) is 0 Å². The first-order valence-corrected chi connectivity index (χ1v) is 8.77. The minimum absolute atomic E-state index is 0.280. The molecule has 1 aliphatic heterocycles. The van der Waals surface area contributed by atoms with Crippen LogP contribution in [0.25, 0.3) is 0 Å². The first-order chi connectivity index (χ1) is 10.2. The van der Waals surface area contributed by atoms with Crippen LogP contribution in [0, 0.1) is 0 Å². The second kappa shape index (κ2) is 6.50. The Morgan fingerprint density at radius 1 is 1.14 bits per heavy atom. The van der Waals surface area contributed by atoms with Gasteiger partial charge >= 0.3 is 0 Å². The van der Waals surface area contributed by atoms with E-state index in [1.165, 1.54) is 50.6 Å². The molecule has 0 bridgehead atoms. The summed E-state index contributed by atoms with van der Waals surface area (Å²) in [6, 6.07) is 12.4. The summed E-state index contributed by atoms with van der Waals surface area (Å²) >= 11 is 0. The highest BCUT2D eigenvalue weighted by atomic mass is 15.3. The SMILES string of the molecule is CCC1(C)CN(C2CCCCC2)C(c2ccccc2)CN1. The van der Waals surface area contributed by atoms with Crippen LogP contribution < -0.4 is 5.32 Å². The summed E-state index contributed by atoms with van der Waals surface area (Å²) in [7, 11) is 0. The van der Waals surface area contributed by atoms with Crippen molar-refractivity contribution in [1.29, 1.82) is 0 Å². The normalized spacial score (nSPS) is 32.2. The molecule has 1 aromatic carbocycles. The molecule has 2 heteroatoms. The van der Waals surface area contributed by atoms with Crippen molar-refractivity contribution in [3.8, 4) is 0 Å². The molecule has 1 aliphatic carbocycles. The van der Waals surface area contributed by atoms with Gasteiger partial charge in [0.25, 0.3) is 0 Å². The quantitative estimate of drug-likeness (QED) is 0.898. The van der Waals surface area contributed by atoms with Crippen LogP contribution >= 0.6 is 0 Å². The van der Waals surface area contributed by atoms with Gasteiger partial charge in [0, 0.05) is 30.7 Å². The number of rotatable bonds is 3. The maximum atomic E-state index is 3.82. The van der Waals surface area contributed by atoms with Crippen molar-refractivity contribution in [3.05, 3.63) is 35.9 Å². The Balaban J connectivity index is 1.83. The fourth-order valence-corrected chi connectivity index (χ4v) is 4.05. The summed E-state index contributed by atoms with van der Waals surface area (Å²) in [5, 5.41) is 3.82. The molecule has 0 aromatic heterocycles. The standard InChI is InChI=1S/C19H30N2/c1-3-19(2)15-21(17-12-8-5-9-13-17)18(14-20-19)16-10-6-4-7-11-16/h4,6-7,10-11,17-18,20H,3,5,8-9,12-15H2,1-2H3. The van der Waals surface area contributed by atoms with Gasteiger partial charge in [0.15, 0.2) is 0 Å². The topological polar surface area (TPSA) is 15.3 Å². The van der Waals surface area contributed by atoms with Gasteiger partial charge in [-0.25, -0.2) is 0 Å². The molecule has 0 radical (unpaired) electrons. The van der Waals surface area contributed by atoms with Crippen molar-refractivity contribution >= 4 is 0 Å². The predicted molar refractivity (Wildman–Crippen MR) is 89.5 cm³/mol. The first kappa shape index (κ1) is 15.1. The molecule has 0 amide bonds. The fraction of sp³-hybridized carbons (Fsp3) is 0.684. The lowest BCUT2D eigenvalue weighted by molar-refractivity contribution is 0.0300. The van der Waals surface area contributed by atoms with Gasteiger partial charge in [-0.1, -0.05) is 56.5 Å². The minimum Gasteiger partial charge on any atom is -0.308 e. The fourth-order valence-electron chi connectivity index (χ4n) is 4.05. The van der Waals surface area contributed by atoms with E-state index in [0.29, 0.717) is 6.04 Å². The molecule has 2 unspecified atom stereocenters. The molecule has 21 heavy (non-hydrogen) atoms. The summed E-state index contributed by atoms with van der Waals surface area (Å²) in [6.45, 7) is 6.98. The summed E-state index contributed by atoms with van der Waals surface area (Å²) < 4.78 is 0. The zero-order valence-corrected chi connectivity index (χ0v) is 13.6. The van der Waals surface area contributed by atoms with Crippen molar-refractivity contribution in [1.82, 2.24) is 10.2 Å². The number of hydrogen-bond acceptors (Lipinski definition) is 2. The van der Waals surface area contributed by atoms with Crippen molar-refractivity contribution in [2.24, 2.45) is 0 Å². The first-order valence-electron chi connectivity index (χ1n) is 8.77. The van der Waals surface area contributed by atoms with E-state index < -0.39 is 0 Å². The van der Waals surface area contributed by atoms with Gasteiger partial charge in [-0.2, -0.15) is 0 Å². The van der Waals surface area contributed by atoms with Gasteiger partial charge in [-0.15, -0.1) is 0 Å². The molecule has 0 spiro atoms. The number of benzene rings is 1. The highest BCUT2D eigenvalue weighted by Crippen LogP contribution is 2.34. The molecule has 116 valence electrons. The van der Waals surface area contributed by atoms with Crippen LogP contribution in [0.4, 0.5) is 0 Å². The molecule has 3 rings (SSSR count). The Morgan fingerprint density at radius 3 is 2.52 bits per heavy atom. The van der Waals surface area contributed by atoms with Crippen LogP contribution in [0.1, 0.15) is 64.0 Å². The summed E-state index contributed by atoms with van der Waals surface area (Å²) in [6.07, 6.45) is 8.26. The molecule has 1 aromatic rings. The maximum absolute atomic E-state index is 3.82. The van der Waals surface area contributed by atoms with Crippen molar-refractivity contribution in [2.45, 2.75) is 70.0 Å². The zero-order chi connectivity index (χ0) is 14.7. The van der Waals surface area contributed by atoms with E-state index in [-0.39, 0.29) is 5.54 Å². The molecule has 2 nitrogen and oxygen atoms in total. The Kier molecular flexibility index (Phi) is 4.66. The van der Waals surface area contributed by atoms with Gasteiger partial charge in [-0.05, 0) is 31.7 Å². The van der Waals surface area contributed by atoms with E-state index >= 15 is 0 Å². The molecule has 2 atom stereocenters. The third-order valence-corrected chi connectivity index (χ3v) is 5.66. The van der Waals surface area contributed by atoms with Crippen LogP contribution in [0.5, 0.6) is 0 Å². The van der Waals surface area contributed by atoms with Crippen molar-refractivity contribution in [3.63, 3.8) is 0 Å². The Bertz CT molecular complexity index is 438. The Labute approximate surface area is 129 Å². The molecular formula is C19H30N2. The van der Waals surface area contributed by atoms with Gasteiger partial charge in [0.1, 0.15) is 0 Å². The largest absolute Gasteiger partial charge is 0.308 e. The number of hydrogen-bond donors (Lipinski definition) is 1. The highest BCUT2D eigenvalue weighted by molar-refractivity contribution is 5.21. The Hall–Kier alpha value is -0.860. The highest BCUT2D eigenvalue weighted by Gasteiger charge is 2.38. The molecule has 1 N–H and O–H groups in total. The third-order valence-electron chi connectivity index (χ3n) is 5.66. The van der Waals surface area contributed by atoms with Crippen LogP contribution in [0.3, 0.4) is 0 Å². The molecule has 2 aliphatic rings. The van der Waals surface area contributed by atoms with Gasteiger partial charge in [-0.3, -0.25) is 4.90 Å². The smallest absolute Gasteiger partial charge is 0.0476 e. The maximum Gasteiger partial charge on any atom is 0.0476 e. The van der Waals surface area contributed by atoms with E-state index in [0.717, 1.165) is 12.6 Å². The lowest BCUT2D eigenvalue weighted by Crippen LogP contribution is -2.61. The summed E-state index contributed by atoms with van der Waals surface area (Å²) in [5.41, 5.74) is 1.76. The number of nitrogens with one attached hydrogen (secondary N) is 1. The van der Waals surface area contributed by atoms with Gasteiger partial charge < -0.3 is 5.32 Å². The van der Waals surface area contributed by atoms with Crippen LogP contribution in [-0.4, -0.2) is 29.6 Å². The van der Waals surface area contributed by atoms with Gasteiger partial charge in [0.05, 0.1) is 0 Å². The molecule has 1 saturated carbocycles. The second-order valence-corrected chi connectivity index (χ2v) is 7.19. The van der Waals surface area contributed by atoms with Crippen LogP contribution in [0.15, 0.2) is 30.3 Å². The molecular weight excluding hydrogens is 256 g/mol. The Morgan fingerprint density at radius 2 is 1.86 bits per heavy atom. The van der Waals surface area contributed by atoms with Gasteiger partial charge in [0.2, 0.25) is 0 Å². The average Bonchev–Trinajstić information content (AvgIpc) is 2.56. The van der Waals surface area contributed by atoms with Crippen LogP contribution in [-0.2, 0) is 0 Å². The predicted octanol–water partition coefficient (Wildman–Crippen LogP) is 4.13.